The van der Waals surface area contributed by atoms with Crippen molar-refractivity contribution in [3.63, 3.8) is 0 Å². The predicted molar refractivity (Wildman–Crippen MR) is 145 cm³/mol. The van der Waals surface area contributed by atoms with Gasteiger partial charge >= 0.3 is 0 Å². The molecule has 4 N–H and O–H groups in total. The second kappa shape index (κ2) is 10.9. The number of rotatable bonds is 10. The number of hydrogen-bond donors (Lipinski definition) is 3. The van der Waals surface area contributed by atoms with Crippen LogP contribution in [0.2, 0.25) is 0 Å². The van der Waals surface area contributed by atoms with Crippen molar-refractivity contribution in [2.45, 2.75) is 57.8 Å². The molecule has 208 valence electrons. The number of halogens is 1. The fourth-order valence-corrected chi connectivity index (χ4v) is 4.42. The van der Waals surface area contributed by atoms with Crippen molar-refractivity contribution < 1.29 is 33.6 Å². The lowest BCUT2D eigenvalue weighted by atomic mass is 9.88. The van der Waals surface area contributed by atoms with Crippen molar-refractivity contribution in [2.75, 3.05) is 20.3 Å². The number of aliphatic hydroxyl groups is 2. The smallest absolute Gasteiger partial charge is 0.163 e. The molecule has 8 nitrogen and oxygen atoms in total. The van der Waals surface area contributed by atoms with E-state index < -0.39 is 17.2 Å². The quantitative estimate of drug-likeness (QED) is 0.325. The number of fused-ring (bicyclic) bond motifs is 1. The third kappa shape index (κ3) is 6.06. The summed E-state index contributed by atoms with van der Waals surface area (Å²) in [5, 5.41) is 20.9. The first kappa shape index (κ1) is 28.5. The highest BCUT2D eigenvalue weighted by Gasteiger charge is 2.38. The van der Waals surface area contributed by atoms with E-state index in [-0.39, 0.29) is 37.7 Å². The molecular weight excluding hydrogens is 503 g/mol. The van der Waals surface area contributed by atoms with Gasteiger partial charge in [0.2, 0.25) is 0 Å². The summed E-state index contributed by atoms with van der Waals surface area (Å²) >= 11 is 0. The van der Waals surface area contributed by atoms with E-state index in [1.807, 2.05) is 6.92 Å². The molecule has 0 spiro atoms. The van der Waals surface area contributed by atoms with Crippen LogP contribution in [0.25, 0.3) is 11.3 Å². The molecule has 3 atom stereocenters. The van der Waals surface area contributed by atoms with E-state index in [1.165, 1.54) is 13.2 Å². The van der Waals surface area contributed by atoms with E-state index in [0.717, 1.165) is 0 Å². The second-order valence-corrected chi connectivity index (χ2v) is 10.6. The van der Waals surface area contributed by atoms with Crippen molar-refractivity contribution in [1.29, 1.82) is 0 Å². The van der Waals surface area contributed by atoms with Crippen LogP contribution in [0.4, 0.5) is 4.39 Å². The van der Waals surface area contributed by atoms with Gasteiger partial charge in [-0.1, -0.05) is 12.1 Å². The number of carbonyl (C=O) groups excluding carboxylic acids is 1. The van der Waals surface area contributed by atoms with Crippen LogP contribution in [0.3, 0.4) is 0 Å². The van der Waals surface area contributed by atoms with E-state index >= 15 is 0 Å². The van der Waals surface area contributed by atoms with Crippen molar-refractivity contribution in [3.8, 4) is 28.5 Å². The van der Waals surface area contributed by atoms with Crippen LogP contribution in [0.1, 0.15) is 60.8 Å². The van der Waals surface area contributed by atoms with E-state index in [0.29, 0.717) is 50.9 Å². The number of carbonyl (C=O) groups is 1. The van der Waals surface area contributed by atoms with Crippen molar-refractivity contribution in [3.05, 3.63) is 70.7 Å². The summed E-state index contributed by atoms with van der Waals surface area (Å²) in [5.41, 5.74) is 6.92. The topological polar surface area (TPSA) is 124 Å². The zero-order valence-corrected chi connectivity index (χ0v) is 22.9. The number of benzene rings is 2. The molecule has 0 saturated heterocycles. The number of Topliss-reactive ketones (excluding diaryl/α,β-unsaturated/α-hetero) is 1. The SMILES string of the molecule is COc1cc(C(=O)CCC(C)(O)c2cc3c(c(-c4ccc(C)c(F)c4)n2)OCC3(C)N)ccc1OCC(C)O. The van der Waals surface area contributed by atoms with Gasteiger partial charge in [-0.25, -0.2) is 9.37 Å². The highest BCUT2D eigenvalue weighted by Crippen LogP contribution is 2.44. The number of hydrogen-bond acceptors (Lipinski definition) is 8. The number of aliphatic hydroxyl groups excluding tert-OH is 1. The summed E-state index contributed by atoms with van der Waals surface area (Å²) in [6, 6.07) is 11.3. The van der Waals surface area contributed by atoms with Gasteiger partial charge in [0.1, 0.15) is 30.3 Å². The van der Waals surface area contributed by atoms with Crippen LogP contribution in [0.5, 0.6) is 17.2 Å². The number of methoxy groups -OCH3 is 1. The largest absolute Gasteiger partial charge is 0.493 e. The number of nitrogens with zero attached hydrogens (tertiary/aromatic N) is 1. The minimum absolute atomic E-state index is 0.0215. The van der Waals surface area contributed by atoms with E-state index in [4.69, 9.17) is 19.9 Å². The van der Waals surface area contributed by atoms with Gasteiger partial charge in [0.05, 0.1) is 24.4 Å². The summed E-state index contributed by atoms with van der Waals surface area (Å²) in [4.78, 5) is 17.7. The molecule has 3 aromatic rings. The third-order valence-electron chi connectivity index (χ3n) is 6.91. The Morgan fingerprint density at radius 2 is 2.00 bits per heavy atom. The minimum Gasteiger partial charge on any atom is -0.493 e. The van der Waals surface area contributed by atoms with Crippen LogP contribution in [0, 0.1) is 12.7 Å². The molecule has 0 bridgehead atoms. The Morgan fingerprint density at radius 3 is 2.67 bits per heavy atom. The zero-order valence-electron chi connectivity index (χ0n) is 22.9. The van der Waals surface area contributed by atoms with Crippen molar-refractivity contribution >= 4 is 5.78 Å². The number of aryl methyl sites for hydroxylation is 1. The van der Waals surface area contributed by atoms with Crippen LogP contribution in [-0.4, -0.2) is 47.4 Å². The summed E-state index contributed by atoms with van der Waals surface area (Å²) in [7, 11) is 1.47. The fraction of sp³-hybridized carbons (Fsp3) is 0.400. The summed E-state index contributed by atoms with van der Waals surface area (Å²) in [6.45, 7) is 7.00. The molecule has 0 saturated carbocycles. The lowest BCUT2D eigenvalue weighted by Crippen LogP contribution is -2.35. The third-order valence-corrected chi connectivity index (χ3v) is 6.91. The first-order valence-electron chi connectivity index (χ1n) is 12.8. The Hall–Kier alpha value is -3.53. The Morgan fingerprint density at radius 1 is 1.26 bits per heavy atom. The lowest BCUT2D eigenvalue weighted by Gasteiger charge is -2.25. The van der Waals surface area contributed by atoms with Gasteiger partial charge in [-0.15, -0.1) is 0 Å². The first-order valence-corrected chi connectivity index (χ1v) is 12.8. The number of pyridine rings is 1. The molecule has 0 fully saturated rings. The standard InChI is InChI=1S/C30H35FN2O6/c1-17-6-7-20(12-22(17)31)27-28-21(29(3,32)16-39-28)14-26(33-27)30(4,36)11-10-23(35)19-8-9-24(25(13-19)37-5)38-15-18(2)34/h6-9,12-14,18,34,36H,10-11,15-16,32H2,1-5H3. The van der Waals surface area contributed by atoms with Gasteiger partial charge < -0.3 is 30.2 Å². The maximum atomic E-state index is 14.4. The van der Waals surface area contributed by atoms with E-state index in [2.05, 4.69) is 4.98 Å². The normalized spacial score (nSPS) is 18.6. The fourth-order valence-electron chi connectivity index (χ4n) is 4.42. The van der Waals surface area contributed by atoms with Crippen molar-refractivity contribution in [2.24, 2.45) is 5.73 Å². The van der Waals surface area contributed by atoms with Gasteiger partial charge in [-0.3, -0.25) is 4.79 Å². The average molecular weight is 539 g/mol. The maximum Gasteiger partial charge on any atom is 0.163 e. The molecule has 0 amide bonds. The average Bonchev–Trinajstić information content (AvgIpc) is 3.21. The number of ketones is 1. The van der Waals surface area contributed by atoms with Crippen LogP contribution in [0.15, 0.2) is 42.5 Å². The molecule has 1 aromatic heterocycles. The molecular formula is C30H35FN2O6. The van der Waals surface area contributed by atoms with E-state index in [1.54, 1.807) is 57.2 Å². The number of nitrogens with two attached hydrogens (primary N) is 1. The highest BCUT2D eigenvalue weighted by atomic mass is 19.1. The van der Waals surface area contributed by atoms with Gasteiger partial charge in [-0.05, 0) is 70.0 Å². The molecule has 1 aliphatic heterocycles. The molecule has 2 heterocycles. The zero-order chi connectivity index (χ0) is 28.5. The van der Waals surface area contributed by atoms with Crippen molar-refractivity contribution in [1.82, 2.24) is 4.98 Å². The van der Waals surface area contributed by atoms with Gasteiger partial charge in [0.15, 0.2) is 23.0 Å². The van der Waals surface area contributed by atoms with Gasteiger partial charge in [0, 0.05) is 23.1 Å². The first-order chi connectivity index (χ1) is 18.3. The maximum absolute atomic E-state index is 14.4. The molecule has 0 radical (unpaired) electrons. The molecule has 0 aliphatic carbocycles. The summed E-state index contributed by atoms with van der Waals surface area (Å²) < 4.78 is 31.2. The summed E-state index contributed by atoms with van der Waals surface area (Å²) in [5.74, 6) is 0.660. The monoisotopic (exact) mass is 538 g/mol. The van der Waals surface area contributed by atoms with Crippen LogP contribution < -0.4 is 19.9 Å². The van der Waals surface area contributed by atoms with Gasteiger partial charge in [-0.2, -0.15) is 0 Å². The molecule has 9 heteroatoms. The second-order valence-electron chi connectivity index (χ2n) is 10.6. The summed E-state index contributed by atoms with van der Waals surface area (Å²) in [6.07, 6.45) is -0.558. The van der Waals surface area contributed by atoms with E-state index in [9.17, 15) is 19.4 Å². The predicted octanol–water partition coefficient (Wildman–Crippen LogP) is 4.40. The van der Waals surface area contributed by atoms with Gasteiger partial charge in [0.25, 0.3) is 0 Å². The minimum atomic E-state index is -1.49. The molecule has 39 heavy (non-hydrogen) atoms. The Labute approximate surface area is 227 Å². The Kier molecular flexibility index (Phi) is 7.97. The number of ether oxygens (including phenoxy) is 3. The lowest BCUT2D eigenvalue weighted by molar-refractivity contribution is 0.0396. The van der Waals surface area contributed by atoms with Crippen LogP contribution in [-0.2, 0) is 11.1 Å². The Bertz CT molecular complexity index is 1390. The molecule has 1 aliphatic rings. The molecule has 4 rings (SSSR count). The molecule has 2 aromatic carbocycles. The van der Waals surface area contributed by atoms with Crippen LogP contribution >= 0.6 is 0 Å². The number of aromatic nitrogens is 1. The molecule has 3 unspecified atom stereocenters. The Balaban J connectivity index is 1.60. The highest BCUT2D eigenvalue weighted by molar-refractivity contribution is 5.96.